The molecule has 1 heterocycles. The highest BCUT2D eigenvalue weighted by Gasteiger charge is 2.18. The Morgan fingerprint density at radius 2 is 2.12 bits per heavy atom. The van der Waals surface area contributed by atoms with Crippen molar-refractivity contribution in [1.29, 1.82) is 0 Å². The highest BCUT2D eigenvalue weighted by Crippen LogP contribution is 2.09. The van der Waals surface area contributed by atoms with Crippen molar-refractivity contribution in [2.24, 2.45) is 0 Å². The van der Waals surface area contributed by atoms with Crippen LogP contribution in [0.1, 0.15) is 30.4 Å². The average molecular weight is 243 g/mol. The normalized spacial score (nSPS) is 11.3. The third kappa shape index (κ3) is 3.94. The summed E-state index contributed by atoms with van der Waals surface area (Å²) < 4.78 is 0. The Balaban J connectivity index is 2.60. The molecule has 0 spiro atoms. The second-order valence-corrected chi connectivity index (χ2v) is 5.17. The minimum absolute atomic E-state index is 0.297. The van der Waals surface area contributed by atoms with E-state index in [4.69, 9.17) is 14.9 Å². The van der Waals surface area contributed by atoms with Gasteiger partial charge in [-0.05, 0) is 37.7 Å². The zero-order valence-corrected chi connectivity index (χ0v) is 10.2. The number of carbonyl (C=O) groups excluding carboxylic acids is 1. The van der Waals surface area contributed by atoms with Crippen molar-refractivity contribution in [3.8, 4) is 0 Å². The van der Waals surface area contributed by atoms with Gasteiger partial charge in [-0.1, -0.05) is 0 Å². The smallest absolute Gasteiger partial charge is 0.423 e. The molecule has 0 aliphatic carbocycles. The molecule has 0 aromatic carbocycles. The summed E-state index contributed by atoms with van der Waals surface area (Å²) in [5.74, 6) is -0.396. The minimum Gasteiger partial charge on any atom is -0.423 e. The predicted molar refractivity (Wildman–Crippen MR) is 62.4 cm³/mol. The first kappa shape index (κ1) is 13.2. The molecular weight excluding hydrogens is 229 g/mol. The minimum atomic E-state index is -1.55. The SMILES string of the molecule is CC(C)(C)ONC(=O)c1cc(B(O)O)cs1. The number of hydroxylamine groups is 1. The van der Waals surface area contributed by atoms with Gasteiger partial charge in [0.15, 0.2) is 0 Å². The molecule has 0 unspecified atom stereocenters. The third-order valence-electron chi connectivity index (χ3n) is 1.59. The average Bonchev–Trinajstić information content (AvgIpc) is 2.61. The number of amides is 1. The van der Waals surface area contributed by atoms with Gasteiger partial charge in [0.05, 0.1) is 10.5 Å². The van der Waals surface area contributed by atoms with E-state index >= 15 is 0 Å². The first-order valence-electron chi connectivity index (χ1n) is 4.72. The highest BCUT2D eigenvalue weighted by molar-refractivity contribution is 7.13. The molecule has 88 valence electrons. The fourth-order valence-corrected chi connectivity index (χ4v) is 1.66. The Morgan fingerprint density at radius 1 is 1.50 bits per heavy atom. The fraction of sp³-hybridized carbons (Fsp3) is 0.444. The van der Waals surface area contributed by atoms with Crippen LogP contribution in [-0.2, 0) is 4.84 Å². The molecule has 0 radical (unpaired) electrons. The van der Waals surface area contributed by atoms with Gasteiger partial charge in [-0.15, -0.1) is 11.3 Å². The lowest BCUT2D eigenvalue weighted by atomic mass is 9.83. The zero-order valence-electron chi connectivity index (χ0n) is 9.35. The Morgan fingerprint density at radius 3 is 2.56 bits per heavy atom. The predicted octanol–water partition coefficient (Wildman–Crippen LogP) is -0.112. The van der Waals surface area contributed by atoms with E-state index in [0.717, 1.165) is 11.3 Å². The summed E-state index contributed by atoms with van der Waals surface area (Å²) in [6.07, 6.45) is 0. The molecule has 1 aromatic rings. The Hall–Kier alpha value is -0.885. The van der Waals surface area contributed by atoms with Crippen molar-refractivity contribution in [2.75, 3.05) is 0 Å². The van der Waals surface area contributed by atoms with Gasteiger partial charge in [0.2, 0.25) is 0 Å². The Labute approximate surface area is 98.2 Å². The Bertz CT molecular complexity index is 372. The topological polar surface area (TPSA) is 78.8 Å². The van der Waals surface area contributed by atoms with Crippen molar-refractivity contribution < 1.29 is 19.7 Å². The van der Waals surface area contributed by atoms with Crippen molar-refractivity contribution in [3.63, 3.8) is 0 Å². The molecule has 5 nitrogen and oxygen atoms in total. The largest absolute Gasteiger partial charge is 0.489 e. The number of hydrogen-bond donors (Lipinski definition) is 3. The van der Waals surface area contributed by atoms with E-state index in [2.05, 4.69) is 5.48 Å². The first-order chi connectivity index (χ1) is 7.29. The monoisotopic (exact) mass is 243 g/mol. The lowest BCUT2D eigenvalue weighted by molar-refractivity contribution is -0.0588. The summed E-state index contributed by atoms with van der Waals surface area (Å²) in [4.78, 5) is 17.0. The lowest BCUT2D eigenvalue weighted by Crippen LogP contribution is -2.33. The maximum absolute atomic E-state index is 11.5. The fourth-order valence-electron chi connectivity index (χ4n) is 0.855. The second-order valence-electron chi connectivity index (χ2n) is 4.26. The van der Waals surface area contributed by atoms with Crippen LogP contribution < -0.4 is 10.9 Å². The van der Waals surface area contributed by atoms with E-state index < -0.39 is 18.6 Å². The molecule has 3 N–H and O–H groups in total. The first-order valence-corrected chi connectivity index (χ1v) is 5.60. The molecule has 0 saturated carbocycles. The molecular formula is C9H14BNO4S. The molecule has 0 fully saturated rings. The molecule has 16 heavy (non-hydrogen) atoms. The number of nitrogens with one attached hydrogen (secondary N) is 1. The highest BCUT2D eigenvalue weighted by atomic mass is 32.1. The van der Waals surface area contributed by atoms with Crippen LogP contribution in [0.15, 0.2) is 11.4 Å². The Kier molecular flexibility index (Phi) is 4.09. The van der Waals surface area contributed by atoms with Crippen molar-refractivity contribution >= 4 is 29.8 Å². The van der Waals surface area contributed by atoms with E-state index in [-0.39, 0.29) is 0 Å². The molecule has 0 aliphatic heterocycles. The van der Waals surface area contributed by atoms with Gasteiger partial charge >= 0.3 is 7.12 Å². The lowest BCUT2D eigenvalue weighted by Gasteiger charge is -2.18. The summed E-state index contributed by atoms with van der Waals surface area (Å²) in [7, 11) is -1.55. The number of carbonyl (C=O) groups is 1. The molecule has 1 rings (SSSR count). The van der Waals surface area contributed by atoms with Gasteiger partial charge in [0.1, 0.15) is 0 Å². The molecule has 1 aromatic heterocycles. The van der Waals surface area contributed by atoms with E-state index in [1.807, 2.05) is 20.8 Å². The number of hydrogen-bond acceptors (Lipinski definition) is 5. The van der Waals surface area contributed by atoms with Crippen LogP contribution in [0.4, 0.5) is 0 Å². The number of rotatable bonds is 3. The van der Waals surface area contributed by atoms with Gasteiger partial charge in [-0.3, -0.25) is 9.63 Å². The zero-order chi connectivity index (χ0) is 12.3. The molecule has 1 amide bonds. The van der Waals surface area contributed by atoms with Crippen LogP contribution in [0.2, 0.25) is 0 Å². The summed E-state index contributed by atoms with van der Waals surface area (Å²) in [6.45, 7) is 5.43. The molecule has 0 aliphatic rings. The van der Waals surface area contributed by atoms with Crippen LogP contribution >= 0.6 is 11.3 Å². The van der Waals surface area contributed by atoms with Gasteiger partial charge in [0.25, 0.3) is 5.91 Å². The van der Waals surface area contributed by atoms with Crippen molar-refractivity contribution in [1.82, 2.24) is 5.48 Å². The van der Waals surface area contributed by atoms with Crippen LogP contribution in [0, 0.1) is 0 Å². The number of thiophene rings is 1. The van der Waals surface area contributed by atoms with Crippen LogP contribution in [0.25, 0.3) is 0 Å². The van der Waals surface area contributed by atoms with Crippen LogP contribution in [0.5, 0.6) is 0 Å². The third-order valence-corrected chi connectivity index (χ3v) is 2.54. The van der Waals surface area contributed by atoms with E-state index in [1.54, 1.807) is 0 Å². The van der Waals surface area contributed by atoms with Gasteiger partial charge in [0, 0.05) is 0 Å². The molecule has 0 bridgehead atoms. The molecule has 0 atom stereocenters. The summed E-state index contributed by atoms with van der Waals surface area (Å²) in [6, 6.07) is 1.41. The standard InChI is InChI=1S/C9H14BNO4S/c1-9(2,3)15-11-8(12)7-4-6(5-16-7)10(13)14/h4-5,13-14H,1-3H3,(H,11,12). The quantitative estimate of drug-likeness (QED) is 0.511. The van der Waals surface area contributed by atoms with E-state index in [9.17, 15) is 4.79 Å². The van der Waals surface area contributed by atoms with E-state index in [1.165, 1.54) is 11.4 Å². The maximum Gasteiger partial charge on any atom is 0.489 e. The summed E-state index contributed by atoms with van der Waals surface area (Å²) in [5.41, 5.74) is 2.13. The van der Waals surface area contributed by atoms with Gasteiger partial charge < -0.3 is 10.0 Å². The summed E-state index contributed by atoms with van der Waals surface area (Å²) in [5, 5.41) is 19.3. The molecule has 7 heteroatoms. The maximum atomic E-state index is 11.5. The van der Waals surface area contributed by atoms with Crippen LogP contribution in [0.3, 0.4) is 0 Å². The van der Waals surface area contributed by atoms with Crippen LogP contribution in [-0.4, -0.2) is 28.7 Å². The van der Waals surface area contributed by atoms with Gasteiger partial charge in [-0.25, -0.2) is 5.48 Å². The van der Waals surface area contributed by atoms with Gasteiger partial charge in [-0.2, -0.15) is 0 Å². The molecule has 0 saturated heterocycles. The summed E-state index contributed by atoms with van der Waals surface area (Å²) >= 11 is 1.12. The van der Waals surface area contributed by atoms with Crippen molar-refractivity contribution in [2.45, 2.75) is 26.4 Å². The van der Waals surface area contributed by atoms with E-state index in [0.29, 0.717) is 10.3 Å². The van der Waals surface area contributed by atoms with Crippen molar-refractivity contribution in [3.05, 3.63) is 16.3 Å². The second kappa shape index (κ2) is 4.96.